The Bertz CT molecular complexity index is 782. The fourth-order valence-corrected chi connectivity index (χ4v) is 1.89. The Kier molecular flexibility index (Phi) is 5.16. The van der Waals surface area contributed by atoms with Gasteiger partial charge >= 0.3 is 5.97 Å². The van der Waals surface area contributed by atoms with E-state index in [0.717, 1.165) is 6.07 Å². The van der Waals surface area contributed by atoms with Crippen LogP contribution in [0.4, 0.5) is 5.69 Å². The topological polar surface area (TPSA) is 113 Å². The van der Waals surface area contributed by atoms with Gasteiger partial charge in [-0.05, 0) is 43.3 Å². The average Bonchev–Trinajstić information content (AvgIpc) is 2.53. The van der Waals surface area contributed by atoms with Crippen LogP contribution in [0.15, 0.2) is 42.5 Å². The van der Waals surface area contributed by atoms with E-state index in [9.17, 15) is 19.5 Å². The van der Waals surface area contributed by atoms with E-state index in [2.05, 4.69) is 5.32 Å². The minimum atomic E-state index is -0.894. The quantitative estimate of drug-likeness (QED) is 0.572. The summed E-state index contributed by atoms with van der Waals surface area (Å²) in [5.41, 5.74) is 0.808. The molecule has 0 saturated carbocycles. The molecule has 0 aliphatic rings. The predicted molar refractivity (Wildman–Crippen MR) is 85.1 cm³/mol. The normalized spacial score (nSPS) is 10.0. The Balaban J connectivity index is 1.90. The highest BCUT2D eigenvalue weighted by Gasteiger charge is 2.15. The van der Waals surface area contributed by atoms with Gasteiger partial charge in [0.15, 0.2) is 12.4 Å². The van der Waals surface area contributed by atoms with Crippen LogP contribution in [0.25, 0.3) is 0 Å². The fourth-order valence-electron chi connectivity index (χ4n) is 1.89. The van der Waals surface area contributed by atoms with Crippen LogP contribution in [0.5, 0.6) is 11.5 Å². The zero-order valence-electron chi connectivity index (χ0n) is 12.8. The van der Waals surface area contributed by atoms with E-state index in [4.69, 9.17) is 9.84 Å². The number of anilines is 1. The highest BCUT2D eigenvalue weighted by Crippen LogP contribution is 2.23. The largest absolute Gasteiger partial charge is 0.508 e. The number of nitrogens with one attached hydrogen (secondary N) is 1. The number of ether oxygens (including phenoxy) is 1. The lowest BCUT2D eigenvalue weighted by Crippen LogP contribution is -2.21. The van der Waals surface area contributed by atoms with Crippen LogP contribution >= 0.6 is 0 Å². The third-order valence-electron chi connectivity index (χ3n) is 3.11. The molecule has 0 atom stereocenters. The van der Waals surface area contributed by atoms with Gasteiger partial charge in [-0.15, -0.1) is 0 Å². The second kappa shape index (κ2) is 7.28. The molecule has 2 aromatic carbocycles. The molecule has 24 heavy (non-hydrogen) atoms. The van der Waals surface area contributed by atoms with E-state index < -0.39 is 24.2 Å². The molecule has 1 amide bonds. The van der Waals surface area contributed by atoms with Gasteiger partial charge in [-0.2, -0.15) is 0 Å². The summed E-state index contributed by atoms with van der Waals surface area (Å²) in [6, 6.07) is 9.65. The molecule has 2 rings (SSSR count). The third-order valence-corrected chi connectivity index (χ3v) is 3.11. The van der Waals surface area contributed by atoms with Crippen molar-refractivity contribution in [2.24, 2.45) is 0 Å². The van der Waals surface area contributed by atoms with Crippen LogP contribution in [0.1, 0.15) is 27.6 Å². The van der Waals surface area contributed by atoms with Crippen LogP contribution in [0, 0.1) is 0 Å². The molecule has 0 saturated heterocycles. The van der Waals surface area contributed by atoms with Crippen LogP contribution in [0.2, 0.25) is 0 Å². The number of hydrogen-bond donors (Lipinski definition) is 3. The van der Waals surface area contributed by atoms with E-state index in [1.807, 2.05) is 0 Å². The number of esters is 1. The van der Waals surface area contributed by atoms with Gasteiger partial charge in [0, 0.05) is 17.3 Å². The molecule has 7 heteroatoms. The van der Waals surface area contributed by atoms with Crippen LogP contribution in [0.3, 0.4) is 0 Å². The maximum Gasteiger partial charge on any atom is 0.342 e. The Hall–Kier alpha value is -3.35. The number of benzene rings is 2. The van der Waals surface area contributed by atoms with Crippen molar-refractivity contribution in [1.82, 2.24) is 0 Å². The van der Waals surface area contributed by atoms with Gasteiger partial charge in [-0.25, -0.2) is 4.79 Å². The number of phenolic OH excluding ortho intramolecular Hbond substituents is 2. The van der Waals surface area contributed by atoms with Gasteiger partial charge in [0.1, 0.15) is 17.1 Å². The molecule has 0 fully saturated rings. The average molecular weight is 329 g/mol. The minimum Gasteiger partial charge on any atom is -0.508 e. The number of carbonyl (C=O) groups excluding carboxylic acids is 3. The number of amides is 1. The Morgan fingerprint density at radius 1 is 1.04 bits per heavy atom. The smallest absolute Gasteiger partial charge is 0.342 e. The molecule has 0 spiro atoms. The van der Waals surface area contributed by atoms with Crippen molar-refractivity contribution in [3.8, 4) is 11.5 Å². The van der Waals surface area contributed by atoms with Gasteiger partial charge in [0.25, 0.3) is 5.91 Å². The predicted octanol–water partition coefficient (Wildman–Crippen LogP) is 2.10. The van der Waals surface area contributed by atoms with Crippen molar-refractivity contribution >= 4 is 23.3 Å². The molecule has 0 aliphatic heterocycles. The number of ketones is 1. The molecule has 124 valence electrons. The van der Waals surface area contributed by atoms with Crippen LogP contribution < -0.4 is 5.32 Å². The molecule has 0 heterocycles. The summed E-state index contributed by atoms with van der Waals surface area (Å²) in [4.78, 5) is 34.7. The summed E-state index contributed by atoms with van der Waals surface area (Å²) >= 11 is 0. The lowest BCUT2D eigenvalue weighted by Gasteiger charge is -2.08. The van der Waals surface area contributed by atoms with Crippen molar-refractivity contribution in [1.29, 1.82) is 0 Å². The summed E-state index contributed by atoms with van der Waals surface area (Å²) in [6.45, 7) is 0.888. The van der Waals surface area contributed by atoms with Crippen molar-refractivity contribution < 1.29 is 29.3 Å². The summed E-state index contributed by atoms with van der Waals surface area (Å²) in [5, 5.41) is 21.2. The van der Waals surface area contributed by atoms with Crippen molar-refractivity contribution in [2.45, 2.75) is 6.92 Å². The van der Waals surface area contributed by atoms with Gasteiger partial charge < -0.3 is 20.3 Å². The highest BCUT2D eigenvalue weighted by atomic mass is 16.5. The molecule has 7 nitrogen and oxygen atoms in total. The SMILES string of the molecule is CC(=O)c1ccc(NC(=O)COC(=O)c2ccc(O)cc2O)cc1. The minimum absolute atomic E-state index is 0.0875. The highest BCUT2D eigenvalue weighted by molar-refractivity contribution is 5.97. The molecule has 0 bridgehead atoms. The molecular formula is C17H15NO6. The van der Waals surface area contributed by atoms with Crippen LogP contribution in [-0.4, -0.2) is 34.5 Å². The van der Waals surface area contributed by atoms with Gasteiger partial charge in [-0.3, -0.25) is 9.59 Å². The number of rotatable bonds is 5. The van der Waals surface area contributed by atoms with Crippen LogP contribution in [-0.2, 0) is 9.53 Å². The Morgan fingerprint density at radius 3 is 2.29 bits per heavy atom. The van der Waals surface area contributed by atoms with E-state index in [1.165, 1.54) is 19.1 Å². The maximum atomic E-state index is 11.8. The number of phenols is 2. The first kappa shape index (κ1) is 17.0. The number of carbonyl (C=O) groups is 3. The monoisotopic (exact) mass is 329 g/mol. The lowest BCUT2D eigenvalue weighted by molar-refractivity contribution is -0.119. The molecular weight excluding hydrogens is 314 g/mol. The van der Waals surface area contributed by atoms with E-state index in [1.54, 1.807) is 24.3 Å². The van der Waals surface area contributed by atoms with Gasteiger partial charge in [0.05, 0.1) is 0 Å². The number of hydrogen-bond acceptors (Lipinski definition) is 6. The van der Waals surface area contributed by atoms with Crippen molar-refractivity contribution in [3.05, 3.63) is 53.6 Å². The second-order valence-corrected chi connectivity index (χ2v) is 4.96. The summed E-state index contributed by atoms with van der Waals surface area (Å²) in [5.74, 6) is -2.20. The summed E-state index contributed by atoms with van der Waals surface area (Å²) in [7, 11) is 0. The van der Waals surface area contributed by atoms with E-state index in [-0.39, 0.29) is 17.1 Å². The van der Waals surface area contributed by atoms with Gasteiger partial charge in [0.2, 0.25) is 0 Å². The van der Waals surface area contributed by atoms with Crippen molar-refractivity contribution in [2.75, 3.05) is 11.9 Å². The molecule has 0 aliphatic carbocycles. The standard InChI is InChI=1S/C17H15NO6/c1-10(19)11-2-4-12(5-3-11)18-16(22)9-24-17(23)14-7-6-13(20)8-15(14)21/h2-8,20-21H,9H2,1H3,(H,18,22). The first-order valence-corrected chi connectivity index (χ1v) is 6.97. The molecule has 0 unspecified atom stereocenters. The maximum absolute atomic E-state index is 11.8. The van der Waals surface area contributed by atoms with Crippen molar-refractivity contribution in [3.63, 3.8) is 0 Å². The zero-order valence-corrected chi connectivity index (χ0v) is 12.8. The molecule has 0 aromatic heterocycles. The number of aromatic hydroxyl groups is 2. The Labute approximate surface area is 137 Å². The lowest BCUT2D eigenvalue weighted by atomic mass is 10.1. The molecule has 3 N–H and O–H groups in total. The fraction of sp³-hybridized carbons (Fsp3) is 0.118. The molecule has 2 aromatic rings. The first-order valence-electron chi connectivity index (χ1n) is 6.97. The van der Waals surface area contributed by atoms with E-state index in [0.29, 0.717) is 11.3 Å². The van der Waals surface area contributed by atoms with E-state index >= 15 is 0 Å². The first-order chi connectivity index (χ1) is 11.4. The summed E-state index contributed by atoms with van der Waals surface area (Å²) in [6.07, 6.45) is 0. The summed E-state index contributed by atoms with van der Waals surface area (Å²) < 4.78 is 4.80. The Morgan fingerprint density at radius 2 is 1.71 bits per heavy atom. The van der Waals surface area contributed by atoms with Gasteiger partial charge in [-0.1, -0.05) is 0 Å². The zero-order chi connectivity index (χ0) is 17.7. The second-order valence-electron chi connectivity index (χ2n) is 4.96. The molecule has 0 radical (unpaired) electrons. The number of Topliss-reactive ketones (excluding diaryl/α,β-unsaturated/α-hetero) is 1. The third kappa shape index (κ3) is 4.33.